The van der Waals surface area contributed by atoms with Crippen molar-refractivity contribution in [3.63, 3.8) is 0 Å². The van der Waals surface area contributed by atoms with E-state index in [1.54, 1.807) is 6.07 Å². The van der Waals surface area contributed by atoms with E-state index in [-0.39, 0.29) is 11.1 Å². The van der Waals surface area contributed by atoms with Crippen LogP contribution in [0.1, 0.15) is 37.7 Å². The van der Waals surface area contributed by atoms with Crippen LogP contribution in [0.15, 0.2) is 18.2 Å². The number of halogens is 1. The molecule has 0 heterocycles. The van der Waals surface area contributed by atoms with E-state index in [9.17, 15) is 10.1 Å². The Bertz CT molecular complexity index is 471. The summed E-state index contributed by atoms with van der Waals surface area (Å²) in [5, 5.41) is 11.2. The van der Waals surface area contributed by atoms with Crippen LogP contribution in [-0.2, 0) is 6.42 Å². The molecule has 2 rings (SSSR count). The van der Waals surface area contributed by atoms with Crippen molar-refractivity contribution in [2.75, 3.05) is 6.54 Å². The number of non-ortho nitro benzene ring substituents is 1. The van der Waals surface area contributed by atoms with Gasteiger partial charge in [-0.2, -0.15) is 0 Å². The van der Waals surface area contributed by atoms with Gasteiger partial charge in [0, 0.05) is 12.1 Å². The van der Waals surface area contributed by atoms with E-state index < -0.39 is 4.92 Å². The minimum Gasteiger partial charge on any atom is -0.330 e. The number of hydrogen-bond acceptors (Lipinski definition) is 3. The SMILES string of the molecule is NCC1(Cc2ccc([N+](=O)[O-])cc2Cl)CCCCC1. The van der Waals surface area contributed by atoms with Gasteiger partial charge in [0.05, 0.1) is 9.95 Å². The Morgan fingerprint density at radius 2 is 2.00 bits per heavy atom. The highest BCUT2D eigenvalue weighted by Crippen LogP contribution is 2.40. The summed E-state index contributed by atoms with van der Waals surface area (Å²) in [6.07, 6.45) is 6.76. The monoisotopic (exact) mass is 282 g/mol. The summed E-state index contributed by atoms with van der Waals surface area (Å²) in [7, 11) is 0. The van der Waals surface area contributed by atoms with E-state index in [0.717, 1.165) is 24.8 Å². The maximum Gasteiger partial charge on any atom is 0.270 e. The van der Waals surface area contributed by atoms with E-state index in [0.29, 0.717) is 11.6 Å². The molecule has 0 spiro atoms. The largest absolute Gasteiger partial charge is 0.330 e. The van der Waals surface area contributed by atoms with Gasteiger partial charge < -0.3 is 5.73 Å². The van der Waals surface area contributed by atoms with Crippen LogP contribution in [0.3, 0.4) is 0 Å². The van der Waals surface area contributed by atoms with Gasteiger partial charge in [-0.1, -0.05) is 36.9 Å². The van der Waals surface area contributed by atoms with Crippen molar-refractivity contribution < 1.29 is 4.92 Å². The molecular formula is C14H19ClN2O2. The van der Waals surface area contributed by atoms with E-state index >= 15 is 0 Å². The summed E-state index contributed by atoms with van der Waals surface area (Å²) in [4.78, 5) is 10.3. The van der Waals surface area contributed by atoms with Crippen LogP contribution in [0.4, 0.5) is 5.69 Å². The molecule has 1 aromatic carbocycles. The van der Waals surface area contributed by atoms with Crippen LogP contribution < -0.4 is 5.73 Å². The molecule has 0 bridgehead atoms. The van der Waals surface area contributed by atoms with E-state index in [4.69, 9.17) is 17.3 Å². The zero-order chi connectivity index (χ0) is 13.9. The molecule has 0 atom stereocenters. The van der Waals surface area contributed by atoms with Gasteiger partial charge >= 0.3 is 0 Å². The molecule has 0 radical (unpaired) electrons. The first-order valence-corrected chi connectivity index (χ1v) is 7.07. The van der Waals surface area contributed by atoms with Crippen molar-refractivity contribution >= 4 is 17.3 Å². The first-order chi connectivity index (χ1) is 9.06. The molecule has 1 aliphatic carbocycles. The molecule has 1 fully saturated rings. The van der Waals surface area contributed by atoms with Crippen molar-refractivity contribution in [1.82, 2.24) is 0 Å². The van der Waals surface area contributed by atoms with Crippen LogP contribution >= 0.6 is 11.6 Å². The Labute approximate surface area is 118 Å². The maximum atomic E-state index is 10.7. The predicted octanol–water partition coefficient (Wildman–Crippen LogP) is 3.70. The molecule has 19 heavy (non-hydrogen) atoms. The Kier molecular flexibility index (Phi) is 4.42. The molecule has 1 aromatic rings. The fourth-order valence-corrected chi connectivity index (χ4v) is 3.19. The normalized spacial score (nSPS) is 18.2. The molecular weight excluding hydrogens is 264 g/mol. The standard InChI is InChI=1S/C14H19ClN2O2/c15-13-8-12(17(18)19)5-4-11(13)9-14(10-16)6-2-1-3-7-14/h4-5,8H,1-3,6-7,9-10,16H2. The van der Waals surface area contributed by atoms with Gasteiger partial charge in [-0.25, -0.2) is 0 Å². The van der Waals surface area contributed by atoms with E-state index in [1.165, 1.54) is 31.4 Å². The summed E-state index contributed by atoms with van der Waals surface area (Å²) in [5.41, 5.74) is 7.10. The van der Waals surface area contributed by atoms with Crippen LogP contribution in [0.2, 0.25) is 5.02 Å². The topological polar surface area (TPSA) is 69.2 Å². The van der Waals surface area contributed by atoms with Crippen LogP contribution in [-0.4, -0.2) is 11.5 Å². The van der Waals surface area contributed by atoms with Gasteiger partial charge in [0.1, 0.15) is 0 Å². The maximum absolute atomic E-state index is 10.7. The van der Waals surface area contributed by atoms with Crippen molar-refractivity contribution in [2.24, 2.45) is 11.1 Å². The molecule has 5 heteroatoms. The number of hydrogen-bond donors (Lipinski definition) is 1. The quantitative estimate of drug-likeness (QED) is 0.676. The number of nitrogens with zero attached hydrogens (tertiary/aromatic N) is 1. The Hall–Kier alpha value is -1.13. The summed E-state index contributed by atoms with van der Waals surface area (Å²) in [6.45, 7) is 0.653. The van der Waals surface area contributed by atoms with Crippen LogP contribution in [0.25, 0.3) is 0 Å². The second kappa shape index (κ2) is 5.88. The van der Waals surface area contributed by atoms with Crippen molar-refractivity contribution in [3.05, 3.63) is 38.9 Å². The third-order valence-corrected chi connectivity index (χ3v) is 4.51. The van der Waals surface area contributed by atoms with E-state index in [1.807, 2.05) is 0 Å². The summed E-state index contributed by atoms with van der Waals surface area (Å²) < 4.78 is 0. The fourth-order valence-electron chi connectivity index (χ4n) is 2.95. The first-order valence-electron chi connectivity index (χ1n) is 6.69. The minimum atomic E-state index is -0.422. The smallest absolute Gasteiger partial charge is 0.270 e. The van der Waals surface area contributed by atoms with Crippen molar-refractivity contribution in [1.29, 1.82) is 0 Å². The second-order valence-electron chi connectivity index (χ2n) is 5.47. The lowest BCUT2D eigenvalue weighted by Gasteiger charge is -2.36. The van der Waals surface area contributed by atoms with E-state index in [2.05, 4.69) is 0 Å². The van der Waals surface area contributed by atoms with Gasteiger partial charge in [0.25, 0.3) is 5.69 Å². The molecule has 4 nitrogen and oxygen atoms in total. The van der Waals surface area contributed by atoms with Crippen molar-refractivity contribution in [3.8, 4) is 0 Å². The lowest BCUT2D eigenvalue weighted by Crippen LogP contribution is -2.35. The second-order valence-corrected chi connectivity index (χ2v) is 5.88. The van der Waals surface area contributed by atoms with Gasteiger partial charge in [-0.3, -0.25) is 10.1 Å². The molecule has 2 N–H and O–H groups in total. The highest BCUT2D eigenvalue weighted by atomic mass is 35.5. The molecule has 0 unspecified atom stereocenters. The van der Waals surface area contributed by atoms with Gasteiger partial charge in [0.15, 0.2) is 0 Å². The Balaban J connectivity index is 2.20. The Morgan fingerprint density at radius 1 is 1.32 bits per heavy atom. The Morgan fingerprint density at radius 3 is 2.53 bits per heavy atom. The lowest BCUT2D eigenvalue weighted by molar-refractivity contribution is -0.384. The van der Waals surface area contributed by atoms with Crippen LogP contribution in [0, 0.1) is 15.5 Å². The zero-order valence-electron chi connectivity index (χ0n) is 10.9. The molecule has 0 aromatic heterocycles. The molecule has 0 amide bonds. The molecule has 1 aliphatic rings. The van der Waals surface area contributed by atoms with Crippen LogP contribution in [0.5, 0.6) is 0 Å². The van der Waals surface area contributed by atoms with Gasteiger partial charge in [-0.15, -0.1) is 0 Å². The third-order valence-electron chi connectivity index (χ3n) is 4.16. The van der Waals surface area contributed by atoms with Gasteiger partial charge in [0.2, 0.25) is 0 Å². The number of rotatable bonds is 4. The fraction of sp³-hybridized carbons (Fsp3) is 0.571. The number of nitrogens with two attached hydrogens (primary N) is 1. The highest BCUT2D eigenvalue weighted by Gasteiger charge is 2.31. The number of nitro groups is 1. The molecule has 1 saturated carbocycles. The average molecular weight is 283 g/mol. The van der Waals surface area contributed by atoms with Crippen molar-refractivity contribution in [2.45, 2.75) is 38.5 Å². The number of nitro benzene ring substituents is 1. The predicted molar refractivity (Wildman–Crippen MR) is 76.4 cm³/mol. The molecule has 0 aliphatic heterocycles. The summed E-state index contributed by atoms with van der Waals surface area (Å²) in [5.74, 6) is 0. The average Bonchev–Trinajstić information content (AvgIpc) is 2.42. The minimum absolute atomic E-state index is 0.0409. The first kappa shape index (κ1) is 14.3. The number of benzene rings is 1. The zero-order valence-corrected chi connectivity index (χ0v) is 11.7. The summed E-state index contributed by atoms with van der Waals surface area (Å²) >= 11 is 6.17. The molecule has 0 saturated heterocycles. The highest BCUT2D eigenvalue weighted by molar-refractivity contribution is 6.31. The van der Waals surface area contributed by atoms with Gasteiger partial charge in [-0.05, 0) is 36.8 Å². The lowest BCUT2D eigenvalue weighted by atomic mass is 9.70. The molecule has 104 valence electrons. The third kappa shape index (κ3) is 3.25. The summed E-state index contributed by atoms with van der Waals surface area (Å²) in [6, 6.07) is 4.73.